The van der Waals surface area contributed by atoms with Crippen molar-refractivity contribution in [2.45, 2.75) is 32.5 Å². The van der Waals surface area contributed by atoms with E-state index >= 15 is 0 Å². The molecule has 0 radical (unpaired) electrons. The van der Waals surface area contributed by atoms with Crippen LogP contribution in [0.2, 0.25) is 0 Å². The van der Waals surface area contributed by atoms with Crippen LogP contribution >= 0.6 is 0 Å². The molecule has 2 fully saturated rings. The van der Waals surface area contributed by atoms with E-state index in [4.69, 9.17) is 23.7 Å². The summed E-state index contributed by atoms with van der Waals surface area (Å²) in [7, 11) is 0. The first-order valence-corrected chi connectivity index (χ1v) is 14.3. The van der Waals surface area contributed by atoms with Gasteiger partial charge in [-0.25, -0.2) is 0 Å². The monoisotopic (exact) mass is 546 g/mol. The second kappa shape index (κ2) is 10.7. The van der Waals surface area contributed by atoms with Crippen LogP contribution < -0.4 is 14.2 Å². The third-order valence-corrected chi connectivity index (χ3v) is 8.00. The van der Waals surface area contributed by atoms with Crippen LogP contribution in [0.15, 0.2) is 84.9 Å². The molecule has 3 aliphatic rings. The van der Waals surface area contributed by atoms with Crippen molar-refractivity contribution < 1.29 is 23.7 Å². The summed E-state index contributed by atoms with van der Waals surface area (Å²) >= 11 is 0. The maximum Gasteiger partial charge on any atom is 0.128 e. The molecule has 0 spiro atoms. The summed E-state index contributed by atoms with van der Waals surface area (Å²) in [4.78, 5) is 0. The van der Waals surface area contributed by atoms with Crippen molar-refractivity contribution in [2.24, 2.45) is 5.41 Å². The second-order valence-electron chi connectivity index (χ2n) is 11.5. The Morgan fingerprint density at radius 1 is 0.732 bits per heavy atom. The normalized spacial score (nSPS) is 22.2. The molecule has 2 heterocycles. The lowest BCUT2D eigenvalue weighted by molar-refractivity contribution is 0.261. The minimum atomic E-state index is -0.132. The van der Waals surface area contributed by atoms with Gasteiger partial charge in [-0.15, -0.1) is 0 Å². The lowest BCUT2D eigenvalue weighted by atomic mass is 9.82. The van der Waals surface area contributed by atoms with Crippen LogP contribution in [0.5, 0.6) is 23.0 Å². The molecule has 41 heavy (non-hydrogen) atoms. The highest BCUT2D eigenvalue weighted by atomic mass is 16.6. The third kappa shape index (κ3) is 6.17. The van der Waals surface area contributed by atoms with Crippen LogP contribution in [0.25, 0.3) is 22.9 Å². The van der Waals surface area contributed by atoms with Crippen LogP contribution in [-0.2, 0) is 15.9 Å². The Balaban J connectivity index is 1.06. The average Bonchev–Trinajstić information content (AvgIpc) is 3.89. The highest BCUT2D eigenvalue weighted by Crippen LogP contribution is 2.36. The van der Waals surface area contributed by atoms with E-state index in [0.717, 1.165) is 59.0 Å². The Hall–Kier alpha value is -4.06. The first-order valence-electron chi connectivity index (χ1n) is 14.3. The molecule has 1 aliphatic carbocycles. The van der Waals surface area contributed by atoms with Gasteiger partial charge in [-0.05, 0) is 88.8 Å². The molecule has 0 saturated carbocycles. The van der Waals surface area contributed by atoms with Gasteiger partial charge in [0.25, 0.3) is 0 Å². The molecule has 5 heteroatoms. The molecule has 2 saturated heterocycles. The van der Waals surface area contributed by atoms with Crippen molar-refractivity contribution in [3.05, 3.63) is 107 Å². The van der Waals surface area contributed by atoms with Crippen molar-refractivity contribution in [3.8, 4) is 23.0 Å². The van der Waals surface area contributed by atoms with E-state index < -0.39 is 0 Å². The minimum absolute atomic E-state index is 0.132. The number of rotatable bonds is 10. The fourth-order valence-electron chi connectivity index (χ4n) is 5.26. The summed E-state index contributed by atoms with van der Waals surface area (Å²) < 4.78 is 28.8. The number of allylic oxidation sites excluding steroid dienone is 2. The van der Waals surface area contributed by atoms with Crippen molar-refractivity contribution in [2.75, 3.05) is 26.4 Å². The molecule has 0 aromatic heterocycles. The van der Waals surface area contributed by atoms with E-state index in [9.17, 15) is 0 Å². The molecule has 3 unspecified atom stereocenters. The maximum absolute atomic E-state index is 6.32. The van der Waals surface area contributed by atoms with Gasteiger partial charge in [0.15, 0.2) is 0 Å². The van der Waals surface area contributed by atoms with Crippen LogP contribution in [0.3, 0.4) is 0 Å². The minimum Gasteiger partial charge on any atom is -0.491 e. The zero-order valence-electron chi connectivity index (χ0n) is 23.5. The maximum atomic E-state index is 6.32. The Kier molecular flexibility index (Phi) is 6.77. The first kappa shape index (κ1) is 25.9. The standard InChI is InChI=1S/C36H34O5/c1-24-28(4-3-5-35(24)40-23-34-22-39-34)19-36(2)14-12-26-8-11-31(16-27(26)13-15-36)41-32-10-7-25-6-9-30(17-29(25)18-32)37-20-33-21-38-33/h3-18,33-34H,19-23H2,1-2H3. The molecule has 5 nitrogen and oxygen atoms in total. The van der Waals surface area contributed by atoms with E-state index in [2.05, 4.69) is 86.7 Å². The Bertz CT molecular complexity index is 1650. The first-order chi connectivity index (χ1) is 20.0. The van der Waals surface area contributed by atoms with Gasteiger partial charge in [0.1, 0.15) is 48.4 Å². The highest BCUT2D eigenvalue weighted by molar-refractivity contribution is 5.85. The summed E-state index contributed by atoms with van der Waals surface area (Å²) in [5.41, 5.74) is 4.67. The van der Waals surface area contributed by atoms with Gasteiger partial charge in [0, 0.05) is 5.41 Å². The van der Waals surface area contributed by atoms with Crippen molar-refractivity contribution >= 4 is 22.9 Å². The summed E-state index contributed by atoms with van der Waals surface area (Å²) in [6, 6.07) is 24.9. The van der Waals surface area contributed by atoms with Crippen LogP contribution in [0, 0.1) is 12.3 Å². The number of epoxide rings is 2. The Labute approximate surface area is 241 Å². The predicted molar refractivity (Wildman–Crippen MR) is 162 cm³/mol. The Morgan fingerprint density at radius 2 is 1.39 bits per heavy atom. The molecule has 2 aliphatic heterocycles. The van der Waals surface area contributed by atoms with Gasteiger partial charge in [-0.3, -0.25) is 0 Å². The molecule has 3 atom stereocenters. The molecule has 0 bridgehead atoms. The molecule has 0 amide bonds. The molecular formula is C36H34O5. The third-order valence-electron chi connectivity index (χ3n) is 8.00. The second-order valence-corrected chi connectivity index (χ2v) is 11.5. The number of hydrogen-bond acceptors (Lipinski definition) is 5. The van der Waals surface area contributed by atoms with Crippen molar-refractivity contribution in [1.82, 2.24) is 0 Å². The van der Waals surface area contributed by atoms with Gasteiger partial charge in [0.05, 0.1) is 13.2 Å². The van der Waals surface area contributed by atoms with E-state index in [1.807, 2.05) is 24.3 Å². The zero-order valence-corrected chi connectivity index (χ0v) is 23.5. The summed E-state index contributed by atoms with van der Waals surface area (Å²) in [6.07, 6.45) is 10.4. The zero-order chi connectivity index (χ0) is 27.8. The lowest BCUT2D eigenvalue weighted by Crippen LogP contribution is -2.14. The lowest BCUT2D eigenvalue weighted by Gasteiger charge is -2.23. The van der Waals surface area contributed by atoms with Crippen molar-refractivity contribution in [3.63, 3.8) is 0 Å². The molecule has 7 rings (SSSR count). The fraction of sp³-hybridized carbons (Fsp3) is 0.278. The topological polar surface area (TPSA) is 52.8 Å². The molecule has 208 valence electrons. The largest absolute Gasteiger partial charge is 0.491 e. The molecule has 4 aromatic carbocycles. The van der Waals surface area contributed by atoms with Crippen molar-refractivity contribution in [1.29, 1.82) is 0 Å². The van der Waals surface area contributed by atoms with E-state index in [-0.39, 0.29) is 17.6 Å². The van der Waals surface area contributed by atoms with Crippen LogP contribution in [-0.4, -0.2) is 38.6 Å². The van der Waals surface area contributed by atoms with Gasteiger partial charge in [-0.2, -0.15) is 0 Å². The van der Waals surface area contributed by atoms with E-state index in [1.54, 1.807) is 0 Å². The number of fused-ring (bicyclic) bond motifs is 2. The SMILES string of the molecule is Cc1c(CC2(C)C=Cc3ccc(Oc4ccc5ccc(OCC6CO6)cc5c4)cc3C=C2)cccc1OCC1CO1. The predicted octanol–water partition coefficient (Wildman–Crippen LogP) is 7.78. The van der Waals surface area contributed by atoms with Crippen LogP contribution in [0.4, 0.5) is 0 Å². The van der Waals surface area contributed by atoms with Gasteiger partial charge < -0.3 is 23.7 Å². The highest BCUT2D eigenvalue weighted by Gasteiger charge is 2.25. The fourth-order valence-corrected chi connectivity index (χ4v) is 5.26. The van der Waals surface area contributed by atoms with E-state index in [0.29, 0.717) is 13.2 Å². The summed E-state index contributed by atoms with van der Waals surface area (Å²) in [5.74, 6) is 3.39. The molecule has 0 N–H and O–H groups in total. The quantitative estimate of drug-likeness (QED) is 0.190. The number of ether oxygens (including phenoxy) is 5. The smallest absolute Gasteiger partial charge is 0.128 e. The average molecular weight is 547 g/mol. The van der Waals surface area contributed by atoms with Gasteiger partial charge in [0.2, 0.25) is 0 Å². The summed E-state index contributed by atoms with van der Waals surface area (Å²) in [6.45, 7) is 7.22. The van der Waals surface area contributed by atoms with E-state index in [1.165, 1.54) is 16.7 Å². The number of hydrogen-bond donors (Lipinski definition) is 0. The summed E-state index contributed by atoms with van der Waals surface area (Å²) in [5, 5.41) is 2.22. The molecule has 4 aromatic rings. The Morgan fingerprint density at radius 3 is 2.17 bits per heavy atom. The van der Waals surface area contributed by atoms with Crippen LogP contribution in [0.1, 0.15) is 29.2 Å². The van der Waals surface area contributed by atoms with Gasteiger partial charge in [-0.1, -0.05) is 61.6 Å². The molecular weight excluding hydrogens is 512 g/mol. The number of benzene rings is 4. The van der Waals surface area contributed by atoms with Gasteiger partial charge >= 0.3 is 0 Å².